The summed E-state index contributed by atoms with van der Waals surface area (Å²) >= 11 is 12.2. The van der Waals surface area contributed by atoms with E-state index in [4.69, 9.17) is 23.2 Å². The summed E-state index contributed by atoms with van der Waals surface area (Å²) in [6.07, 6.45) is 2.14. The predicted molar refractivity (Wildman–Crippen MR) is 96.8 cm³/mol. The molecule has 1 saturated heterocycles. The SMILES string of the molecule is Clc1cc(Cl)cc(CN2CC3=c4ccccc4=CNC[C@H]3C2)c1. The second-order valence-corrected chi connectivity index (χ2v) is 7.18. The van der Waals surface area contributed by atoms with Crippen molar-refractivity contribution in [2.45, 2.75) is 6.54 Å². The van der Waals surface area contributed by atoms with E-state index >= 15 is 0 Å². The maximum Gasteiger partial charge on any atom is 0.0424 e. The van der Waals surface area contributed by atoms with E-state index in [1.165, 1.54) is 21.6 Å². The van der Waals surface area contributed by atoms with Crippen LogP contribution in [0.1, 0.15) is 5.56 Å². The van der Waals surface area contributed by atoms with Gasteiger partial charge < -0.3 is 5.32 Å². The van der Waals surface area contributed by atoms with Crippen molar-refractivity contribution in [3.8, 4) is 0 Å². The van der Waals surface area contributed by atoms with Gasteiger partial charge in [0.15, 0.2) is 0 Å². The summed E-state index contributed by atoms with van der Waals surface area (Å²) in [6, 6.07) is 14.4. The quantitative estimate of drug-likeness (QED) is 0.900. The molecule has 118 valence electrons. The molecular formula is C19H18Cl2N2. The zero-order valence-electron chi connectivity index (χ0n) is 12.7. The van der Waals surface area contributed by atoms with Gasteiger partial charge in [0.2, 0.25) is 0 Å². The van der Waals surface area contributed by atoms with E-state index in [2.05, 4.69) is 40.7 Å². The van der Waals surface area contributed by atoms with Gasteiger partial charge in [0.05, 0.1) is 0 Å². The third-order valence-electron chi connectivity index (χ3n) is 4.62. The van der Waals surface area contributed by atoms with Crippen LogP contribution < -0.4 is 15.8 Å². The maximum atomic E-state index is 6.12. The molecule has 0 spiro atoms. The number of hydrogen-bond acceptors (Lipinski definition) is 2. The van der Waals surface area contributed by atoms with Crippen LogP contribution in [0.5, 0.6) is 0 Å². The molecule has 2 aliphatic heterocycles. The first kappa shape index (κ1) is 15.1. The van der Waals surface area contributed by atoms with Gasteiger partial charge in [-0.3, -0.25) is 4.90 Å². The Morgan fingerprint density at radius 1 is 1.09 bits per heavy atom. The van der Waals surface area contributed by atoms with Crippen LogP contribution in [0.15, 0.2) is 42.5 Å². The molecule has 2 aromatic rings. The fourth-order valence-corrected chi connectivity index (χ4v) is 4.23. The summed E-state index contributed by atoms with van der Waals surface area (Å²) in [5, 5.41) is 7.54. The molecule has 23 heavy (non-hydrogen) atoms. The Bertz CT molecular complexity index is 840. The lowest BCUT2D eigenvalue weighted by atomic mass is 10.0. The van der Waals surface area contributed by atoms with E-state index in [-0.39, 0.29) is 0 Å². The van der Waals surface area contributed by atoms with Gasteiger partial charge in [0.25, 0.3) is 0 Å². The van der Waals surface area contributed by atoms with Crippen LogP contribution in [-0.4, -0.2) is 24.5 Å². The maximum absolute atomic E-state index is 6.12. The predicted octanol–water partition coefficient (Wildman–Crippen LogP) is 2.62. The number of fused-ring (bicyclic) bond motifs is 2. The monoisotopic (exact) mass is 344 g/mol. The van der Waals surface area contributed by atoms with Gasteiger partial charge in [0, 0.05) is 48.3 Å². The van der Waals surface area contributed by atoms with Crippen LogP contribution >= 0.6 is 23.2 Å². The zero-order chi connectivity index (χ0) is 15.8. The van der Waals surface area contributed by atoms with Crippen molar-refractivity contribution in [3.05, 3.63) is 68.5 Å². The highest BCUT2D eigenvalue weighted by Gasteiger charge is 2.28. The molecule has 2 heterocycles. The number of likely N-dealkylation sites (tertiary alicyclic amines) is 1. The van der Waals surface area contributed by atoms with Gasteiger partial charge in [-0.15, -0.1) is 0 Å². The van der Waals surface area contributed by atoms with Crippen molar-refractivity contribution < 1.29 is 0 Å². The first-order valence-electron chi connectivity index (χ1n) is 7.88. The zero-order valence-corrected chi connectivity index (χ0v) is 14.2. The second-order valence-electron chi connectivity index (χ2n) is 6.31. The van der Waals surface area contributed by atoms with Crippen molar-refractivity contribution in [1.29, 1.82) is 0 Å². The number of benzene rings is 2. The topological polar surface area (TPSA) is 15.3 Å². The fraction of sp³-hybridized carbons (Fsp3) is 0.263. The number of nitrogens with one attached hydrogen (secondary N) is 1. The lowest BCUT2D eigenvalue weighted by Crippen LogP contribution is -2.28. The Labute approximate surface area is 146 Å². The molecule has 0 aliphatic carbocycles. The number of halogens is 2. The van der Waals surface area contributed by atoms with E-state index in [0.717, 1.165) is 26.2 Å². The minimum absolute atomic E-state index is 0.560. The van der Waals surface area contributed by atoms with Gasteiger partial charge in [-0.1, -0.05) is 47.5 Å². The van der Waals surface area contributed by atoms with Gasteiger partial charge in [-0.2, -0.15) is 0 Å². The lowest BCUT2D eigenvalue weighted by Gasteiger charge is -2.16. The summed E-state index contributed by atoms with van der Waals surface area (Å²) < 4.78 is 0. The number of hydrogen-bond donors (Lipinski definition) is 1. The summed E-state index contributed by atoms with van der Waals surface area (Å²) in [6.45, 7) is 3.94. The van der Waals surface area contributed by atoms with Gasteiger partial charge in [-0.05, 0) is 39.8 Å². The largest absolute Gasteiger partial charge is 0.390 e. The Morgan fingerprint density at radius 2 is 1.87 bits per heavy atom. The molecule has 0 aromatic heterocycles. The van der Waals surface area contributed by atoms with Crippen LogP contribution in [-0.2, 0) is 6.54 Å². The summed E-state index contributed by atoms with van der Waals surface area (Å²) in [7, 11) is 0. The third-order valence-corrected chi connectivity index (χ3v) is 5.06. The standard InChI is InChI=1S/C19H18Cl2N2/c20-16-5-13(6-17(21)7-16)10-23-11-15-9-22-8-14-3-1-2-4-18(14)19(15)12-23/h1-8,15,22H,9-12H2/t15-/m0/s1. The number of nitrogens with zero attached hydrogens (tertiary/aromatic N) is 1. The molecule has 4 rings (SSSR count). The Morgan fingerprint density at radius 3 is 2.70 bits per heavy atom. The molecule has 2 aliphatic rings. The fourth-order valence-electron chi connectivity index (χ4n) is 3.66. The first-order valence-corrected chi connectivity index (χ1v) is 8.64. The van der Waals surface area contributed by atoms with Gasteiger partial charge in [0.1, 0.15) is 0 Å². The highest BCUT2D eigenvalue weighted by molar-refractivity contribution is 6.34. The van der Waals surface area contributed by atoms with Crippen LogP contribution in [0.2, 0.25) is 10.0 Å². The Balaban J connectivity index is 1.65. The molecule has 0 amide bonds. The highest BCUT2D eigenvalue weighted by Crippen LogP contribution is 2.26. The molecule has 2 aromatic carbocycles. The van der Waals surface area contributed by atoms with Crippen molar-refractivity contribution in [3.63, 3.8) is 0 Å². The summed E-state index contributed by atoms with van der Waals surface area (Å²) in [5.74, 6) is 0.560. The third kappa shape index (κ3) is 3.12. The van der Waals surface area contributed by atoms with Crippen molar-refractivity contribution in [2.24, 2.45) is 5.92 Å². The first-order chi connectivity index (χ1) is 11.2. The van der Waals surface area contributed by atoms with Crippen LogP contribution in [0.4, 0.5) is 0 Å². The molecule has 0 radical (unpaired) electrons. The lowest BCUT2D eigenvalue weighted by molar-refractivity contribution is 0.317. The molecule has 4 heteroatoms. The smallest absolute Gasteiger partial charge is 0.0424 e. The molecule has 1 fully saturated rings. The van der Waals surface area contributed by atoms with Crippen molar-refractivity contribution in [2.75, 3.05) is 19.6 Å². The molecule has 2 nitrogen and oxygen atoms in total. The molecule has 0 bridgehead atoms. The minimum Gasteiger partial charge on any atom is -0.390 e. The molecule has 1 N–H and O–H groups in total. The highest BCUT2D eigenvalue weighted by atomic mass is 35.5. The number of rotatable bonds is 2. The molecule has 1 atom stereocenters. The van der Waals surface area contributed by atoms with Crippen LogP contribution in [0.3, 0.4) is 0 Å². The van der Waals surface area contributed by atoms with Gasteiger partial charge in [-0.25, -0.2) is 0 Å². The molecule has 0 saturated carbocycles. The van der Waals surface area contributed by atoms with E-state index < -0.39 is 0 Å². The summed E-state index contributed by atoms with van der Waals surface area (Å²) in [4.78, 5) is 2.48. The summed E-state index contributed by atoms with van der Waals surface area (Å²) in [5.41, 5.74) is 2.71. The average Bonchev–Trinajstić information content (AvgIpc) is 2.81. The Hall–Kier alpha value is -1.48. The van der Waals surface area contributed by atoms with Crippen molar-refractivity contribution >= 4 is 35.0 Å². The van der Waals surface area contributed by atoms with Crippen molar-refractivity contribution in [1.82, 2.24) is 10.2 Å². The Kier molecular flexibility index (Phi) is 4.06. The van der Waals surface area contributed by atoms with Crippen LogP contribution in [0, 0.1) is 5.92 Å². The normalized spacial score (nSPS) is 20.3. The van der Waals surface area contributed by atoms with Gasteiger partial charge >= 0.3 is 0 Å². The second kappa shape index (κ2) is 6.20. The van der Waals surface area contributed by atoms with E-state index in [1.807, 2.05) is 12.1 Å². The van der Waals surface area contributed by atoms with E-state index in [1.54, 1.807) is 6.07 Å². The molecule has 0 unspecified atom stereocenters. The molecular weight excluding hydrogens is 327 g/mol. The van der Waals surface area contributed by atoms with E-state index in [9.17, 15) is 0 Å². The van der Waals surface area contributed by atoms with E-state index in [0.29, 0.717) is 16.0 Å². The average molecular weight is 345 g/mol. The minimum atomic E-state index is 0.560. The van der Waals surface area contributed by atoms with Crippen LogP contribution in [0.25, 0.3) is 11.8 Å².